The highest BCUT2D eigenvalue weighted by Crippen LogP contribution is 2.37. The Morgan fingerprint density at radius 2 is 2.00 bits per heavy atom. The van der Waals surface area contributed by atoms with Gasteiger partial charge in [0.1, 0.15) is 23.4 Å². The van der Waals surface area contributed by atoms with Crippen LogP contribution in [0.15, 0.2) is 18.3 Å². The standard InChI is InChI=1S/C22H27F3N6O/c1-11(2)19-21(32)30-18-12(3)27-17(29-20(18)31(19)4)9-13-7-15(8-13)28-16-10-14(5-6-26-16)22(23,24)25/h5-6,10-11,13,15,19H,7-9H2,1-4H3,(H,26,28)(H,30,32)/t13?,15?,19-/m0/s1. The minimum atomic E-state index is -4.38. The molecule has 1 aliphatic carbocycles. The summed E-state index contributed by atoms with van der Waals surface area (Å²) in [5, 5.41) is 6.04. The van der Waals surface area contributed by atoms with Crippen LogP contribution in [0.1, 0.15) is 43.8 Å². The first-order valence-electron chi connectivity index (χ1n) is 10.7. The van der Waals surface area contributed by atoms with E-state index < -0.39 is 11.7 Å². The van der Waals surface area contributed by atoms with Gasteiger partial charge in [-0.2, -0.15) is 13.2 Å². The van der Waals surface area contributed by atoms with E-state index in [-0.39, 0.29) is 29.7 Å². The summed E-state index contributed by atoms with van der Waals surface area (Å²) in [4.78, 5) is 27.7. The minimum absolute atomic E-state index is 0.0504. The number of halogens is 3. The fourth-order valence-corrected chi connectivity index (χ4v) is 4.54. The highest BCUT2D eigenvalue weighted by Gasteiger charge is 2.36. The highest BCUT2D eigenvalue weighted by molar-refractivity contribution is 6.03. The van der Waals surface area contributed by atoms with Crippen molar-refractivity contribution < 1.29 is 18.0 Å². The van der Waals surface area contributed by atoms with Crippen LogP contribution in [0.3, 0.4) is 0 Å². The molecular formula is C22H27F3N6O. The van der Waals surface area contributed by atoms with E-state index in [1.54, 1.807) is 0 Å². The number of fused-ring (bicyclic) bond motifs is 1. The summed E-state index contributed by atoms with van der Waals surface area (Å²) in [5.74, 6) is 2.10. The maximum atomic E-state index is 12.9. The number of aromatic nitrogens is 3. The number of hydrogen-bond acceptors (Lipinski definition) is 6. The lowest BCUT2D eigenvalue weighted by molar-refractivity contribution is -0.137. The molecule has 1 saturated carbocycles. The van der Waals surface area contributed by atoms with Crippen molar-refractivity contribution in [3.63, 3.8) is 0 Å². The van der Waals surface area contributed by atoms with Crippen molar-refractivity contribution in [1.82, 2.24) is 15.0 Å². The Balaban J connectivity index is 1.40. The minimum Gasteiger partial charge on any atom is -0.367 e. The molecule has 1 fully saturated rings. The molecule has 1 amide bonds. The van der Waals surface area contributed by atoms with Crippen LogP contribution in [-0.4, -0.2) is 40.0 Å². The summed E-state index contributed by atoms with van der Waals surface area (Å²) >= 11 is 0. The number of aryl methyl sites for hydroxylation is 1. The number of nitrogens with one attached hydrogen (secondary N) is 2. The molecule has 7 nitrogen and oxygen atoms in total. The normalized spacial score (nSPS) is 22.9. The number of nitrogens with zero attached hydrogens (tertiary/aromatic N) is 4. The second-order valence-electron chi connectivity index (χ2n) is 9.02. The zero-order chi connectivity index (χ0) is 23.2. The van der Waals surface area contributed by atoms with E-state index in [2.05, 4.69) is 20.6 Å². The van der Waals surface area contributed by atoms with Gasteiger partial charge in [-0.25, -0.2) is 15.0 Å². The van der Waals surface area contributed by atoms with Gasteiger partial charge in [-0.05, 0) is 43.7 Å². The second-order valence-corrected chi connectivity index (χ2v) is 9.02. The van der Waals surface area contributed by atoms with E-state index in [9.17, 15) is 18.0 Å². The lowest BCUT2D eigenvalue weighted by atomic mass is 9.78. The second kappa shape index (κ2) is 8.22. The van der Waals surface area contributed by atoms with Crippen LogP contribution in [0.25, 0.3) is 0 Å². The quantitative estimate of drug-likeness (QED) is 0.718. The Morgan fingerprint density at radius 1 is 1.28 bits per heavy atom. The fraction of sp³-hybridized carbons (Fsp3) is 0.545. The summed E-state index contributed by atoms with van der Waals surface area (Å²) in [6, 6.07) is 1.79. The number of rotatable bonds is 5. The van der Waals surface area contributed by atoms with Gasteiger partial charge < -0.3 is 15.5 Å². The summed E-state index contributed by atoms with van der Waals surface area (Å²) in [6.07, 6.45) is -0.928. The van der Waals surface area contributed by atoms with E-state index in [0.717, 1.165) is 36.5 Å². The molecule has 1 aliphatic heterocycles. The number of carbonyl (C=O) groups is 1. The first kappa shape index (κ1) is 22.3. The Hall–Kier alpha value is -2.91. The number of amides is 1. The molecule has 4 rings (SSSR count). The van der Waals surface area contributed by atoms with Crippen molar-refractivity contribution in [3.05, 3.63) is 35.4 Å². The third-order valence-electron chi connectivity index (χ3n) is 6.16. The topological polar surface area (TPSA) is 83.0 Å². The van der Waals surface area contributed by atoms with Gasteiger partial charge >= 0.3 is 6.18 Å². The Morgan fingerprint density at radius 3 is 2.66 bits per heavy atom. The van der Waals surface area contributed by atoms with Crippen LogP contribution in [0.5, 0.6) is 0 Å². The molecule has 3 heterocycles. The van der Waals surface area contributed by atoms with Crippen LogP contribution in [0.4, 0.5) is 30.5 Å². The lowest BCUT2D eigenvalue weighted by Gasteiger charge is -2.38. The van der Waals surface area contributed by atoms with Gasteiger partial charge in [0.2, 0.25) is 5.91 Å². The van der Waals surface area contributed by atoms with E-state index >= 15 is 0 Å². The third-order valence-corrected chi connectivity index (χ3v) is 6.16. The summed E-state index contributed by atoms with van der Waals surface area (Å²) in [7, 11) is 1.88. The van der Waals surface area contributed by atoms with Gasteiger partial charge in [-0.15, -0.1) is 0 Å². The zero-order valence-corrected chi connectivity index (χ0v) is 18.5. The van der Waals surface area contributed by atoms with E-state index in [1.807, 2.05) is 32.7 Å². The number of alkyl halides is 3. The van der Waals surface area contributed by atoms with Crippen LogP contribution in [0, 0.1) is 18.8 Å². The van der Waals surface area contributed by atoms with E-state index in [1.165, 1.54) is 6.20 Å². The molecule has 32 heavy (non-hydrogen) atoms. The molecule has 0 unspecified atom stereocenters. The smallest absolute Gasteiger partial charge is 0.367 e. The molecule has 1 atom stereocenters. The van der Waals surface area contributed by atoms with Crippen molar-refractivity contribution in [2.75, 3.05) is 22.6 Å². The molecule has 0 aromatic carbocycles. The van der Waals surface area contributed by atoms with Crippen LogP contribution >= 0.6 is 0 Å². The Kier molecular flexibility index (Phi) is 5.72. The molecule has 0 spiro atoms. The monoisotopic (exact) mass is 448 g/mol. The van der Waals surface area contributed by atoms with Crippen molar-refractivity contribution >= 4 is 23.2 Å². The third kappa shape index (κ3) is 4.35. The largest absolute Gasteiger partial charge is 0.416 e. The summed E-state index contributed by atoms with van der Waals surface area (Å²) in [6.45, 7) is 5.86. The van der Waals surface area contributed by atoms with Crippen LogP contribution in [0.2, 0.25) is 0 Å². The highest BCUT2D eigenvalue weighted by atomic mass is 19.4. The lowest BCUT2D eigenvalue weighted by Crippen LogP contribution is -2.50. The zero-order valence-electron chi connectivity index (χ0n) is 18.5. The molecule has 2 aliphatic rings. The SMILES string of the molecule is Cc1nc(CC2CC(Nc3cc(C(F)(F)F)ccn3)C2)nc2c1NC(=O)[C@H](C(C)C)N2C. The average molecular weight is 448 g/mol. The van der Waals surface area contributed by atoms with Crippen molar-refractivity contribution in [1.29, 1.82) is 0 Å². The van der Waals surface area contributed by atoms with Crippen molar-refractivity contribution in [3.8, 4) is 0 Å². The maximum absolute atomic E-state index is 12.9. The number of anilines is 3. The van der Waals surface area contributed by atoms with Crippen LogP contribution < -0.4 is 15.5 Å². The maximum Gasteiger partial charge on any atom is 0.416 e. The Labute approximate surface area is 184 Å². The predicted molar refractivity (Wildman–Crippen MR) is 116 cm³/mol. The number of carbonyl (C=O) groups excluding carboxylic acids is 1. The molecule has 10 heteroatoms. The predicted octanol–water partition coefficient (Wildman–Crippen LogP) is 4.04. The number of hydrogen-bond donors (Lipinski definition) is 2. The van der Waals surface area contributed by atoms with Crippen molar-refractivity contribution in [2.24, 2.45) is 11.8 Å². The van der Waals surface area contributed by atoms with E-state index in [4.69, 9.17) is 4.98 Å². The summed E-state index contributed by atoms with van der Waals surface area (Å²) < 4.78 is 38.6. The molecule has 0 bridgehead atoms. The van der Waals surface area contributed by atoms with E-state index in [0.29, 0.717) is 23.9 Å². The molecule has 2 aromatic rings. The number of likely N-dealkylation sites (N-methyl/N-ethyl adjacent to an activating group) is 1. The van der Waals surface area contributed by atoms with Gasteiger partial charge in [0, 0.05) is 25.7 Å². The molecule has 172 valence electrons. The average Bonchev–Trinajstić information content (AvgIpc) is 2.66. The first-order valence-corrected chi connectivity index (χ1v) is 10.7. The molecule has 2 N–H and O–H groups in total. The molecule has 2 aromatic heterocycles. The van der Waals surface area contributed by atoms with Gasteiger partial charge in [-0.3, -0.25) is 4.79 Å². The van der Waals surface area contributed by atoms with Crippen molar-refractivity contribution in [2.45, 2.75) is 58.3 Å². The fourth-order valence-electron chi connectivity index (χ4n) is 4.54. The first-order chi connectivity index (χ1) is 15.0. The van der Waals surface area contributed by atoms with Crippen LogP contribution in [-0.2, 0) is 17.4 Å². The van der Waals surface area contributed by atoms with Gasteiger partial charge in [0.25, 0.3) is 0 Å². The summed E-state index contributed by atoms with van der Waals surface area (Å²) in [5.41, 5.74) is 0.677. The number of pyridine rings is 1. The Bertz CT molecular complexity index is 1020. The van der Waals surface area contributed by atoms with Gasteiger partial charge in [0.15, 0.2) is 5.82 Å². The van der Waals surface area contributed by atoms with Gasteiger partial charge in [-0.1, -0.05) is 13.8 Å². The molecule has 0 saturated heterocycles. The molecule has 0 radical (unpaired) electrons. The molecular weight excluding hydrogens is 421 g/mol. The van der Waals surface area contributed by atoms with Gasteiger partial charge in [0.05, 0.1) is 11.3 Å².